The van der Waals surface area contributed by atoms with Crippen LogP contribution in [0.2, 0.25) is 0 Å². The second-order valence-corrected chi connectivity index (χ2v) is 7.29. The quantitative estimate of drug-likeness (QED) is 0.669. The molecule has 3 heterocycles. The van der Waals surface area contributed by atoms with Gasteiger partial charge in [0.2, 0.25) is 17.7 Å². The van der Waals surface area contributed by atoms with Gasteiger partial charge in [0.25, 0.3) is 5.91 Å². The molecule has 0 spiro atoms. The van der Waals surface area contributed by atoms with Crippen LogP contribution in [0.3, 0.4) is 0 Å². The van der Waals surface area contributed by atoms with Gasteiger partial charge in [0.15, 0.2) is 0 Å². The monoisotopic (exact) mass is 412 g/mol. The van der Waals surface area contributed by atoms with Gasteiger partial charge in [-0.05, 0) is 23.6 Å². The van der Waals surface area contributed by atoms with Gasteiger partial charge in [-0.2, -0.15) is 11.3 Å². The van der Waals surface area contributed by atoms with E-state index in [0.29, 0.717) is 55.8 Å². The first-order chi connectivity index (χ1) is 14.2. The molecule has 29 heavy (non-hydrogen) atoms. The number of aryl methyl sites for hydroxylation is 1. The van der Waals surface area contributed by atoms with E-state index in [1.807, 2.05) is 16.8 Å². The largest absolute Gasteiger partial charge is 0.421 e. The molecule has 4 rings (SSSR count). The predicted molar refractivity (Wildman–Crippen MR) is 108 cm³/mol. The molecule has 9 heteroatoms. The van der Waals surface area contributed by atoms with Crippen LogP contribution in [0.15, 0.2) is 45.5 Å². The molecule has 150 valence electrons. The molecule has 2 aromatic heterocycles. The van der Waals surface area contributed by atoms with E-state index >= 15 is 0 Å². The third kappa shape index (κ3) is 4.69. The molecule has 0 saturated carbocycles. The van der Waals surface area contributed by atoms with E-state index in [0.717, 1.165) is 5.56 Å². The van der Waals surface area contributed by atoms with Crippen LogP contribution in [-0.4, -0.2) is 53.2 Å². The Labute approximate surface area is 171 Å². The van der Waals surface area contributed by atoms with Crippen LogP contribution in [0.4, 0.5) is 5.69 Å². The van der Waals surface area contributed by atoms with Crippen molar-refractivity contribution in [1.29, 1.82) is 0 Å². The van der Waals surface area contributed by atoms with Crippen LogP contribution in [0.1, 0.15) is 22.7 Å². The molecule has 0 radical (unpaired) electrons. The summed E-state index contributed by atoms with van der Waals surface area (Å²) in [5, 5.41) is 14.7. The van der Waals surface area contributed by atoms with E-state index in [1.54, 1.807) is 40.5 Å². The fraction of sp³-hybridized carbons (Fsp3) is 0.300. The molecule has 8 nitrogen and oxygen atoms in total. The Hall–Kier alpha value is -3.04. The Morgan fingerprint density at radius 2 is 1.97 bits per heavy atom. The number of morpholine rings is 1. The van der Waals surface area contributed by atoms with Crippen molar-refractivity contribution < 1.29 is 18.7 Å². The molecule has 1 aromatic carbocycles. The summed E-state index contributed by atoms with van der Waals surface area (Å²) in [5.74, 6) is 0.520. The van der Waals surface area contributed by atoms with Crippen molar-refractivity contribution in [3.8, 4) is 11.5 Å². The zero-order valence-corrected chi connectivity index (χ0v) is 16.5. The van der Waals surface area contributed by atoms with E-state index < -0.39 is 0 Å². The minimum Gasteiger partial charge on any atom is -0.421 e. The topological polar surface area (TPSA) is 97.6 Å². The number of amides is 2. The highest BCUT2D eigenvalue weighted by Crippen LogP contribution is 2.21. The second kappa shape index (κ2) is 8.97. The summed E-state index contributed by atoms with van der Waals surface area (Å²) in [6, 6.07) is 8.92. The molecular formula is C20H20N4O4S. The number of thiophene rings is 1. The lowest BCUT2D eigenvalue weighted by Gasteiger charge is -2.27. The maximum absolute atomic E-state index is 12.8. The summed E-state index contributed by atoms with van der Waals surface area (Å²) in [6.07, 6.45) is 0.494. The highest BCUT2D eigenvalue weighted by Gasteiger charge is 2.21. The molecule has 1 N–H and O–H groups in total. The zero-order chi connectivity index (χ0) is 20.1. The number of carbonyl (C=O) groups excluding carboxylic acids is 2. The normalized spacial score (nSPS) is 14.0. The number of para-hydroxylation sites is 1. The highest BCUT2D eigenvalue weighted by molar-refractivity contribution is 7.08. The van der Waals surface area contributed by atoms with Crippen molar-refractivity contribution in [3.05, 3.63) is 52.5 Å². The first-order valence-corrected chi connectivity index (χ1v) is 10.3. The van der Waals surface area contributed by atoms with Gasteiger partial charge in [0.05, 0.1) is 24.5 Å². The summed E-state index contributed by atoms with van der Waals surface area (Å²) in [5.41, 5.74) is 1.84. The number of nitrogens with zero attached hydrogens (tertiary/aromatic N) is 3. The van der Waals surface area contributed by atoms with Crippen molar-refractivity contribution in [2.45, 2.75) is 12.8 Å². The maximum atomic E-state index is 12.8. The SMILES string of the molecule is O=C(CCc1nnc(-c2ccsc2)o1)Nc1ccccc1C(=O)N1CCOCC1. The minimum absolute atomic E-state index is 0.110. The van der Waals surface area contributed by atoms with E-state index in [2.05, 4.69) is 15.5 Å². The first-order valence-electron chi connectivity index (χ1n) is 9.31. The van der Waals surface area contributed by atoms with Crippen LogP contribution < -0.4 is 5.32 Å². The van der Waals surface area contributed by atoms with E-state index in [4.69, 9.17) is 9.15 Å². The third-order valence-corrected chi connectivity index (χ3v) is 5.21. The molecule has 0 unspecified atom stereocenters. The van der Waals surface area contributed by atoms with Gasteiger partial charge in [-0.3, -0.25) is 9.59 Å². The van der Waals surface area contributed by atoms with E-state index in [9.17, 15) is 9.59 Å². The molecule has 1 aliphatic heterocycles. The first kappa shape index (κ1) is 19.3. The zero-order valence-electron chi connectivity index (χ0n) is 15.7. The van der Waals surface area contributed by atoms with E-state index in [1.165, 1.54) is 0 Å². The standard InChI is InChI=1S/C20H20N4O4S/c25-17(5-6-18-22-23-19(28-18)14-7-12-29-13-14)21-16-4-2-1-3-15(16)20(26)24-8-10-27-11-9-24/h1-4,7,12-13H,5-6,8-11H2,(H,21,25). The molecule has 1 fully saturated rings. The number of hydrogen-bond acceptors (Lipinski definition) is 7. The molecule has 0 aliphatic carbocycles. The van der Waals surface area contributed by atoms with Gasteiger partial charge in [0.1, 0.15) is 0 Å². The minimum atomic E-state index is -0.220. The predicted octanol–water partition coefficient (Wildman–Crippen LogP) is 2.84. The lowest BCUT2D eigenvalue weighted by molar-refractivity contribution is -0.116. The van der Waals surface area contributed by atoms with Crippen LogP contribution in [0.25, 0.3) is 11.5 Å². The van der Waals surface area contributed by atoms with Crippen LogP contribution in [0.5, 0.6) is 0 Å². The second-order valence-electron chi connectivity index (χ2n) is 6.51. The molecule has 0 atom stereocenters. The fourth-order valence-electron chi connectivity index (χ4n) is 3.01. The summed E-state index contributed by atoms with van der Waals surface area (Å²) in [7, 11) is 0. The molecule has 3 aromatic rings. The van der Waals surface area contributed by atoms with Crippen molar-refractivity contribution >= 4 is 28.8 Å². The molecule has 0 bridgehead atoms. The van der Waals surface area contributed by atoms with Gasteiger partial charge in [-0.25, -0.2) is 0 Å². The van der Waals surface area contributed by atoms with Gasteiger partial charge in [0, 0.05) is 36.9 Å². The number of hydrogen-bond donors (Lipinski definition) is 1. The van der Waals surface area contributed by atoms with Gasteiger partial charge >= 0.3 is 0 Å². The highest BCUT2D eigenvalue weighted by atomic mass is 32.1. The molecule has 2 amide bonds. The Bertz CT molecular complexity index is 980. The fourth-order valence-corrected chi connectivity index (χ4v) is 3.64. The lowest BCUT2D eigenvalue weighted by Crippen LogP contribution is -2.41. The van der Waals surface area contributed by atoms with Crippen molar-refractivity contribution in [3.63, 3.8) is 0 Å². The smallest absolute Gasteiger partial charge is 0.256 e. The third-order valence-electron chi connectivity index (χ3n) is 4.53. The maximum Gasteiger partial charge on any atom is 0.256 e. The summed E-state index contributed by atoms with van der Waals surface area (Å²) < 4.78 is 10.9. The van der Waals surface area contributed by atoms with Crippen molar-refractivity contribution in [1.82, 2.24) is 15.1 Å². The summed E-state index contributed by atoms with van der Waals surface area (Å²) >= 11 is 1.55. The molecule has 1 saturated heterocycles. The lowest BCUT2D eigenvalue weighted by atomic mass is 10.1. The van der Waals surface area contributed by atoms with Gasteiger partial charge in [-0.1, -0.05) is 12.1 Å². The number of rotatable bonds is 6. The Morgan fingerprint density at radius 1 is 1.14 bits per heavy atom. The Morgan fingerprint density at radius 3 is 2.76 bits per heavy atom. The molecule has 1 aliphatic rings. The van der Waals surface area contributed by atoms with E-state index in [-0.39, 0.29) is 18.2 Å². The van der Waals surface area contributed by atoms with Crippen molar-refractivity contribution in [2.75, 3.05) is 31.6 Å². The summed E-state index contributed by atoms with van der Waals surface area (Å²) in [4.78, 5) is 26.9. The van der Waals surface area contributed by atoms with Crippen LogP contribution in [0, 0.1) is 0 Å². The number of anilines is 1. The Balaban J connectivity index is 1.37. The van der Waals surface area contributed by atoms with Crippen LogP contribution >= 0.6 is 11.3 Å². The van der Waals surface area contributed by atoms with Crippen LogP contribution in [-0.2, 0) is 16.0 Å². The number of nitrogens with one attached hydrogen (secondary N) is 1. The number of benzene rings is 1. The Kier molecular flexibility index (Phi) is 5.97. The van der Waals surface area contributed by atoms with Gasteiger partial charge < -0.3 is 19.4 Å². The summed E-state index contributed by atoms with van der Waals surface area (Å²) in [6.45, 7) is 2.14. The average molecular weight is 412 g/mol. The number of ether oxygens (including phenoxy) is 1. The van der Waals surface area contributed by atoms with Crippen molar-refractivity contribution in [2.24, 2.45) is 0 Å². The average Bonchev–Trinajstić information content (AvgIpc) is 3.45. The number of carbonyl (C=O) groups is 2. The van der Waals surface area contributed by atoms with Gasteiger partial charge in [-0.15, -0.1) is 10.2 Å². The molecular weight excluding hydrogens is 392 g/mol. The number of aromatic nitrogens is 2.